The van der Waals surface area contributed by atoms with Crippen LogP contribution in [-0.4, -0.2) is 5.11 Å². The summed E-state index contributed by atoms with van der Waals surface area (Å²) in [6.45, 7) is 0. The normalized spacial score (nSPS) is 10.0. The molecule has 0 amide bonds. The molecule has 1 N–H and O–H groups in total. The first-order valence-electron chi connectivity index (χ1n) is 4.82. The lowest BCUT2D eigenvalue weighted by atomic mass is 10.4. The molecule has 80 valence electrons. The second-order valence-corrected chi connectivity index (χ2v) is 4.38. The predicted molar refractivity (Wildman–Crippen MR) is 64.9 cm³/mol. The van der Waals surface area contributed by atoms with Gasteiger partial charge < -0.3 is 5.11 Å². The molecule has 3 heteroatoms. The van der Waals surface area contributed by atoms with Crippen molar-refractivity contribution in [2.75, 3.05) is 0 Å². The first-order valence-corrected chi connectivity index (χ1v) is 5.63. The van der Waals surface area contributed by atoms with E-state index in [1.807, 2.05) is 30.3 Å². The van der Waals surface area contributed by atoms with Crippen LogP contribution in [0.5, 0.6) is 5.75 Å². The third kappa shape index (κ3) is 2.64. The van der Waals surface area contributed by atoms with Crippen LogP contribution < -0.4 is 5.43 Å². The molecule has 0 unspecified atom stereocenters. The molecule has 0 atom stereocenters. The Morgan fingerprint density at radius 3 is 2.19 bits per heavy atom. The van der Waals surface area contributed by atoms with Crippen molar-refractivity contribution in [2.24, 2.45) is 0 Å². The van der Waals surface area contributed by atoms with Gasteiger partial charge in [-0.25, -0.2) is 0 Å². The zero-order valence-electron chi connectivity index (χ0n) is 8.46. The van der Waals surface area contributed by atoms with Gasteiger partial charge in [0.1, 0.15) is 0 Å². The minimum Gasteiger partial charge on any atom is -0.504 e. The quantitative estimate of drug-likeness (QED) is 0.862. The molecule has 0 aliphatic carbocycles. The van der Waals surface area contributed by atoms with E-state index in [9.17, 15) is 9.90 Å². The van der Waals surface area contributed by atoms with Gasteiger partial charge in [0, 0.05) is 9.79 Å². The van der Waals surface area contributed by atoms with E-state index in [2.05, 4.69) is 0 Å². The van der Waals surface area contributed by atoms with Gasteiger partial charge in [-0.05, 0) is 36.4 Å². The zero-order chi connectivity index (χ0) is 11.4. The summed E-state index contributed by atoms with van der Waals surface area (Å²) in [4.78, 5) is 13.2. The molecular weight excluding hydrogens is 220 g/mol. The van der Waals surface area contributed by atoms with Crippen molar-refractivity contribution in [3.63, 3.8) is 0 Å². The predicted octanol–water partition coefficient (Wildman–Crippen LogP) is 2.90. The van der Waals surface area contributed by atoms with Gasteiger partial charge in [0.15, 0.2) is 5.75 Å². The minimum absolute atomic E-state index is 0.222. The Bertz CT molecular complexity index is 538. The maximum Gasteiger partial charge on any atom is 0.220 e. The third-order valence-corrected chi connectivity index (χ3v) is 3.05. The first-order chi connectivity index (χ1) is 7.75. The maximum atomic E-state index is 11.2. The summed E-state index contributed by atoms with van der Waals surface area (Å²) in [6.07, 6.45) is 0. The van der Waals surface area contributed by atoms with Crippen LogP contribution in [0.1, 0.15) is 0 Å². The molecule has 0 saturated heterocycles. The fourth-order valence-corrected chi connectivity index (χ4v) is 2.07. The Balaban J connectivity index is 2.30. The Labute approximate surface area is 97.6 Å². The molecule has 2 aromatic rings. The molecule has 0 bridgehead atoms. The van der Waals surface area contributed by atoms with E-state index < -0.39 is 0 Å². The molecule has 2 aromatic carbocycles. The summed E-state index contributed by atoms with van der Waals surface area (Å²) in [6, 6.07) is 16.1. The van der Waals surface area contributed by atoms with Gasteiger partial charge in [0.05, 0.1) is 0 Å². The lowest BCUT2D eigenvalue weighted by Gasteiger charge is -1.97. The van der Waals surface area contributed by atoms with Crippen LogP contribution >= 0.6 is 11.8 Å². The lowest BCUT2D eigenvalue weighted by molar-refractivity contribution is 0.471. The number of rotatable bonds is 2. The van der Waals surface area contributed by atoms with Crippen molar-refractivity contribution in [3.05, 3.63) is 64.8 Å². The van der Waals surface area contributed by atoms with Crippen LogP contribution in [0.25, 0.3) is 0 Å². The maximum absolute atomic E-state index is 11.2. The molecule has 2 nitrogen and oxygen atoms in total. The highest BCUT2D eigenvalue weighted by Crippen LogP contribution is 2.26. The highest BCUT2D eigenvalue weighted by Gasteiger charge is 1.97. The van der Waals surface area contributed by atoms with E-state index in [0.29, 0.717) is 0 Å². The van der Waals surface area contributed by atoms with E-state index in [1.54, 1.807) is 23.9 Å². The van der Waals surface area contributed by atoms with Gasteiger partial charge in [-0.3, -0.25) is 4.79 Å². The van der Waals surface area contributed by atoms with E-state index in [-0.39, 0.29) is 11.2 Å². The van der Waals surface area contributed by atoms with Crippen molar-refractivity contribution < 1.29 is 5.11 Å². The van der Waals surface area contributed by atoms with E-state index in [1.165, 1.54) is 12.1 Å². The molecule has 0 radical (unpaired) electrons. The number of hydrogen-bond acceptors (Lipinski definition) is 3. The topological polar surface area (TPSA) is 37.3 Å². The third-order valence-electron chi connectivity index (χ3n) is 2.04. The summed E-state index contributed by atoms with van der Waals surface area (Å²) in [5.41, 5.74) is -0.361. The Hall–Kier alpha value is -1.74. The van der Waals surface area contributed by atoms with Crippen LogP contribution in [0.4, 0.5) is 0 Å². The molecule has 0 fully saturated rings. The lowest BCUT2D eigenvalue weighted by Crippen LogP contribution is -1.91. The van der Waals surface area contributed by atoms with Crippen molar-refractivity contribution in [1.82, 2.24) is 0 Å². The fourth-order valence-electron chi connectivity index (χ4n) is 1.23. The number of benzene rings is 1. The Morgan fingerprint density at radius 2 is 1.44 bits per heavy atom. The fraction of sp³-hybridized carbons (Fsp3) is 0. The monoisotopic (exact) mass is 230 g/mol. The van der Waals surface area contributed by atoms with Crippen molar-refractivity contribution in [3.8, 4) is 5.75 Å². The number of aromatic hydroxyl groups is 1. The van der Waals surface area contributed by atoms with Crippen molar-refractivity contribution >= 4 is 11.8 Å². The number of hydrogen-bond donors (Lipinski definition) is 1. The van der Waals surface area contributed by atoms with Gasteiger partial charge in [0.2, 0.25) is 5.43 Å². The SMILES string of the molecule is O=c1ccc(Sc2ccccc2)ccc1O. The highest BCUT2D eigenvalue weighted by molar-refractivity contribution is 7.99. The average Bonchev–Trinajstić information content (AvgIpc) is 2.46. The second kappa shape index (κ2) is 4.86. The molecule has 2 rings (SSSR count). The minimum atomic E-state index is -0.361. The average molecular weight is 230 g/mol. The summed E-state index contributed by atoms with van der Waals surface area (Å²) in [5, 5.41) is 9.25. The first kappa shape index (κ1) is 10.8. The summed E-state index contributed by atoms with van der Waals surface area (Å²) >= 11 is 1.55. The molecule has 0 aliphatic rings. The Kier molecular flexibility index (Phi) is 3.27. The second-order valence-electron chi connectivity index (χ2n) is 3.23. The zero-order valence-corrected chi connectivity index (χ0v) is 9.28. The van der Waals surface area contributed by atoms with Gasteiger partial charge in [-0.2, -0.15) is 0 Å². The Morgan fingerprint density at radius 1 is 0.812 bits per heavy atom. The molecular formula is C13H10O2S. The summed E-state index contributed by atoms with van der Waals surface area (Å²) < 4.78 is 0. The van der Waals surface area contributed by atoms with E-state index in [4.69, 9.17) is 0 Å². The molecule has 0 spiro atoms. The van der Waals surface area contributed by atoms with Gasteiger partial charge in [0.25, 0.3) is 0 Å². The van der Waals surface area contributed by atoms with Crippen molar-refractivity contribution in [2.45, 2.75) is 9.79 Å². The van der Waals surface area contributed by atoms with E-state index >= 15 is 0 Å². The van der Waals surface area contributed by atoms with Gasteiger partial charge >= 0.3 is 0 Å². The van der Waals surface area contributed by atoms with Crippen LogP contribution in [0, 0.1) is 0 Å². The molecule has 16 heavy (non-hydrogen) atoms. The van der Waals surface area contributed by atoms with Crippen LogP contribution in [0.3, 0.4) is 0 Å². The standard InChI is InChI=1S/C13H10O2S/c14-12-8-6-11(7-9-13(12)15)16-10-4-2-1-3-5-10/h1-9H,(H,14,15). The molecule has 0 saturated carbocycles. The summed E-state index contributed by atoms with van der Waals surface area (Å²) in [5.74, 6) is -0.222. The van der Waals surface area contributed by atoms with Gasteiger partial charge in [-0.1, -0.05) is 30.0 Å². The van der Waals surface area contributed by atoms with Crippen LogP contribution in [0.2, 0.25) is 0 Å². The molecule has 0 aliphatic heterocycles. The summed E-state index contributed by atoms with van der Waals surface area (Å²) in [7, 11) is 0. The van der Waals surface area contributed by atoms with Crippen LogP contribution in [0.15, 0.2) is 69.2 Å². The largest absolute Gasteiger partial charge is 0.504 e. The van der Waals surface area contributed by atoms with Crippen molar-refractivity contribution in [1.29, 1.82) is 0 Å². The van der Waals surface area contributed by atoms with Crippen LogP contribution in [-0.2, 0) is 0 Å². The van der Waals surface area contributed by atoms with Gasteiger partial charge in [-0.15, -0.1) is 0 Å². The smallest absolute Gasteiger partial charge is 0.220 e. The molecule has 0 aromatic heterocycles. The van der Waals surface area contributed by atoms with E-state index in [0.717, 1.165) is 9.79 Å². The molecule has 0 heterocycles. The highest BCUT2D eigenvalue weighted by atomic mass is 32.2.